The first-order chi connectivity index (χ1) is 6.38. The van der Waals surface area contributed by atoms with Crippen molar-refractivity contribution in [1.29, 1.82) is 5.26 Å². The van der Waals surface area contributed by atoms with Gasteiger partial charge in [0.05, 0.1) is 0 Å². The molecule has 1 heterocycles. The molecule has 0 amide bonds. The molecule has 68 valence electrons. The molecule has 0 spiro atoms. The van der Waals surface area contributed by atoms with Crippen LogP contribution < -0.4 is 5.32 Å². The fourth-order valence-electron chi connectivity index (χ4n) is 1.39. The Kier molecular flexibility index (Phi) is 2.62. The fourth-order valence-corrected chi connectivity index (χ4v) is 2.15. The van der Waals surface area contributed by atoms with Gasteiger partial charge < -0.3 is 5.32 Å². The molecule has 3 heteroatoms. The minimum atomic E-state index is 0.729. The molecule has 1 saturated carbocycles. The average Bonchev–Trinajstić information content (AvgIpc) is 2.49. The van der Waals surface area contributed by atoms with Crippen LogP contribution in [0.2, 0.25) is 0 Å². The lowest BCUT2D eigenvalue weighted by Crippen LogP contribution is -2.34. The van der Waals surface area contributed by atoms with Crippen molar-refractivity contribution in [3.8, 4) is 6.07 Å². The molecule has 1 aliphatic carbocycles. The highest BCUT2D eigenvalue weighted by molar-refractivity contribution is 7.12. The maximum absolute atomic E-state index is 8.63. The zero-order chi connectivity index (χ0) is 9.10. The molecule has 0 unspecified atom stereocenters. The normalized spacial score (nSPS) is 16.5. The first-order valence-corrected chi connectivity index (χ1v) is 5.42. The highest BCUT2D eigenvalue weighted by Crippen LogP contribution is 2.20. The van der Waals surface area contributed by atoms with Crippen LogP contribution in [0.25, 0.3) is 0 Å². The molecule has 2 rings (SSSR count). The third kappa shape index (κ3) is 2.09. The van der Waals surface area contributed by atoms with E-state index >= 15 is 0 Å². The topological polar surface area (TPSA) is 35.8 Å². The molecule has 1 aliphatic rings. The van der Waals surface area contributed by atoms with E-state index < -0.39 is 0 Å². The zero-order valence-corrected chi connectivity index (χ0v) is 8.23. The highest BCUT2D eigenvalue weighted by atomic mass is 32.1. The second-order valence-corrected chi connectivity index (χ2v) is 4.55. The summed E-state index contributed by atoms with van der Waals surface area (Å²) in [6, 6.07) is 6.81. The maximum atomic E-state index is 8.63. The molecule has 1 aromatic heterocycles. The lowest BCUT2D eigenvalue weighted by molar-refractivity contribution is 0.339. The van der Waals surface area contributed by atoms with Crippen molar-refractivity contribution < 1.29 is 0 Å². The van der Waals surface area contributed by atoms with Gasteiger partial charge in [0, 0.05) is 17.5 Å². The minimum Gasteiger partial charge on any atom is -0.309 e. The minimum absolute atomic E-state index is 0.729. The molecule has 1 aromatic rings. The molecule has 0 radical (unpaired) electrons. The van der Waals surface area contributed by atoms with Gasteiger partial charge in [-0.05, 0) is 25.0 Å². The number of hydrogen-bond acceptors (Lipinski definition) is 3. The van der Waals surface area contributed by atoms with Crippen molar-refractivity contribution in [3.05, 3.63) is 21.9 Å². The van der Waals surface area contributed by atoms with Crippen molar-refractivity contribution in [2.75, 3.05) is 0 Å². The summed E-state index contributed by atoms with van der Waals surface area (Å²) in [4.78, 5) is 2.08. The average molecular weight is 192 g/mol. The number of nitriles is 1. The van der Waals surface area contributed by atoms with Crippen molar-refractivity contribution in [3.63, 3.8) is 0 Å². The summed E-state index contributed by atoms with van der Waals surface area (Å²) in [7, 11) is 0. The van der Waals surface area contributed by atoms with Crippen molar-refractivity contribution >= 4 is 11.3 Å². The number of thiophene rings is 1. The summed E-state index contributed by atoms with van der Waals surface area (Å²) in [5.41, 5.74) is 0. The van der Waals surface area contributed by atoms with E-state index in [2.05, 4.69) is 11.4 Å². The Hall–Kier alpha value is -0.850. The Morgan fingerprint density at radius 2 is 2.38 bits per heavy atom. The van der Waals surface area contributed by atoms with Gasteiger partial charge in [-0.1, -0.05) is 6.42 Å². The highest BCUT2D eigenvalue weighted by Gasteiger charge is 2.16. The van der Waals surface area contributed by atoms with Crippen LogP contribution in [-0.4, -0.2) is 6.04 Å². The number of rotatable bonds is 3. The van der Waals surface area contributed by atoms with E-state index in [0.29, 0.717) is 0 Å². The smallest absolute Gasteiger partial charge is 0.110 e. The Labute approximate surface area is 82.2 Å². The summed E-state index contributed by atoms with van der Waals surface area (Å²) in [5, 5.41) is 12.1. The predicted octanol–water partition coefficient (Wildman–Crippen LogP) is 2.26. The van der Waals surface area contributed by atoms with Crippen molar-refractivity contribution in [1.82, 2.24) is 5.32 Å². The summed E-state index contributed by atoms with van der Waals surface area (Å²) in [6.45, 7) is 0.928. The van der Waals surface area contributed by atoms with Gasteiger partial charge >= 0.3 is 0 Å². The van der Waals surface area contributed by atoms with Gasteiger partial charge in [-0.15, -0.1) is 11.3 Å². The standard InChI is InChI=1S/C10H12N2S/c11-6-9-4-5-10(13-9)7-12-8-2-1-3-8/h4-5,8,12H,1-3,7H2. The third-order valence-corrected chi connectivity index (χ3v) is 3.43. The van der Waals surface area contributed by atoms with E-state index in [1.54, 1.807) is 11.3 Å². The number of hydrogen-bond donors (Lipinski definition) is 1. The molecule has 0 aromatic carbocycles. The van der Waals surface area contributed by atoms with Gasteiger partial charge in [-0.2, -0.15) is 5.26 Å². The van der Waals surface area contributed by atoms with Crippen molar-refractivity contribution in [2.24, 2.45) is 0 Å². The zero-order valence-electron chi connectivity index (χ0n) is 7.42. The van der Waals surface area contributed by atoms with E-state index in [4.69, 9.17) is 5.26 Å². The van der Waals surface area contributed by atoms with Gasteiger partial charge in [0.2, 0.25) is 0 Å². The van der Waals surface area contributed by atoms with E-state index in [1.165, 1.54) is 24.1 Å². The molecular weight excluding hydrogens is 180 g/mol. The molecule has 1 fully saturated rings. The van der Waals surface area contributed by atoms with Crippen LogP contribution in [0, 0.1) is 11.3 Å². The number of nitrogens with one attached hydrogen (secondary N) is 1. The first kappa shape index (κ1) is 8.74. The Morgan fingerprint density at radius 3 is 2.92 bits per heavy atom. The third-order valence-electron chi connectivity index (χ3n) is 2.44. The molecule has 0 aliphatic heterocycles. The largest absolute Gasteiger partial charge is 0.309 e. The summed E-state index contributed by atoms with van der Waals surface area (Å²) in [6.07, 6.45) is 4.00. The lowest BCUT2D eigenvalue weighted by Gasteiger charge is -2.26. The quantitative estimate of drug-likeness (QED) is 0.797. The second-order valence-electron chi connectivity index (χ2n) is 3.39. The molecule has 0 atom stereocenters. The lowest BCUT2D eigenvalue weighted by atomic mass is 9.93. The monoisotopic (exact) mass is 192 g/mol. The van der Waals surface area contributed by atoms with Gasteiger partial charge in [0.25, 0.3) is 0 Å². The summed E-state index contributed by atoms with van der Waals surface area (Å²) < 4.78 is 0. The fraction of sp³-hybridized carbons (Fsp3) is 0.500. The molecule has 0 bridgehead atoms. The van der Waals surface area contributed by atoms with Crippen LogP contribution in [0.15, 0.2) is 12.1 Å². The molecule has 1 N–H and O–H groups in total. The molecule has 0 saturated heterocycles. The molecule has 13 heavy (non-hydrogen) atoms. The van der Waals surface area contributed by atoms with E-state index in [9.17, 15) is 0 Å². The van der Waals surface area contributed by atoms with Crippen LogP contribution in [-0.2, 0) is 6.54 Å². The summed E-state index contributed by atoms with van der Waals surface area (Å²) >= 11 is 1.59. The van der Waals surface area contributed by atoms with Gasteiger partial charge in [-0.25, -0.2) is 0 Å². The van der Waals surface area contributed by atoms with Crippen molar-refractivity contribution in [2.45, 2.75) is 31.8 Å². The molecular formula is C10H12N2S. The van der Waals surface area contributed by atoms with E-state index in [0.717, 1.165) is 17.5 Å². The predicted molar refractivity (Wildman–Crippen MR) is 53.5 cm³/mol. The second kappa shape index (κ2) is 3.91. The van der Waals surface area contributed by atoms with Crippen LogP contribution in [0.3, 0.4) is 0 Å². The van der Waals surface area contributed by atoms with Crippen LogP contribution in [0.4, 0.5) is 0 Å². The van der Waals surface area contributed by atoms with E-state index in [1.807, 2.05) is 12.1 Å². The SMILES string of the molecule is N#Cc1ccc(CNC2CCC2)s1. The van der Waals surface area contributed by atoms with Gasteiger partial charge in [-0.3, -0.25) is 0 Å². The Morgan fingerprint density at radius 1 is 1.54 bits per heavy atom. The van der Waals surface area contributed by atoms with Crippen LogP contribution in [0.1, 0.15) is 29.0 Å². The Balaban J connectivity index is 1.83. The first-order valence-electron chi connectivity index (χ1n) is 4.60. The Bertz CT molecular complexity index is 320. The molecule has 2 nitrogen and oxygen atoms in total. The van der Waals surface area contributed by atoms with Crippen LogP contribution in [0.5, 0.6) is 0 Å². The summed E-state index contributed by atoms with van der Waals surface area (Å²) in [5.74, 6) is 0. The van der Waals surface area contributed by atoms with Gasteiger partial charge in [0.1, 0.15) is 10.9 Å². The number of nitrogens with zero attached hydrogens (tertiary/aromatic N) is 1. The van der Waals surface area contributed by atoms with Crippen LogP contribution >= 0.6 is 11.3 Å². The maximum Gasteiger partial charge on any atom is 0.110 e. The van der Waals surface area contributed by atoms with E-state index in [-0.39, 0.29) is 0 Å². The van der Waals surface area contributed by atoms with Gasteiger partial charge in [0.15, 0.2) is 0 Å².